The number of rotatable bonds is 6. The van der Waals surface area contributed by atoms with Gasteiger partial charge in [0.25, 0.3) is 5.91 Å². The lowest BCUT2D eigenvalue weighted by Crippen LogP contribution is -2.34. The number of aryl methyl sites for hydroxylation is 2. The Balaban J connectivity index is 1.89. The fourth-order valence-corrected chi connectivity index (χ4v) is 3.03. The van der Waals surface area contributed by atoms with Gasteiger partial charge in [-0.3, -0.25) is 4.79 Å². The predicted octanol–water partition coefficient (Wildman–Crippen LogP) is 1.73. The maximum atomic E-state index is 12.0. The van der Waals surface area contributed by atoms with E-state index in [1.54, 1.807) is 18.2 Å². The molecule has 0 aromatic heterocycles. The van der Waals surface area contributed by atoms with Gasteiger partial charge in [-0.1, -0.05) is 42.0 Å². The fraction of sp³-hybridized carbons (Fsp3) is 0.176. The van der Waals surface area contributed by atoms with Crippen molar-refractivity contribution in [2.45, 2.75) is 18.7 Å². The number of hydrazone groups is 1. The molecule has 2 aromatic rings. The maximum Gasteiger partial charge on any atom is 0.255 e. The van der Waals surface area contributed by atoms with Crippen LogP contribution in [0.3, 0.4) is 0 Å². The number of nitrogens with zero attached hydrogens (tertiary/aromatic N) is 1. The van der Waals surface area contributed by atoms with Gasteiger partial charge in [0.05, 0.1) is 17.7 Å². The van der Waals surface area contributed by atoms with Gasteiger partial charge in [-0.2, -0.15) is 5.10 Å². The Morgan fingerprint density at radius 1 is 1.12 bits per heavy atom. The highest BCUT2D eigenvalue weighted by atomic mass is 32.2. The summed E-state index contributed by atoms with van der Waals surface area (Å²) in [5.41, 5.74) is 5.36. The average molecular weight is 345 g/mol. The largest absolute Gasteiger partial charge is 0.272 e. The first-order chi connectivity index (χ1) is 11.4. The highest BCUT2D eigenvalue weighted by Gasteiger charge is 2.14. The molecule has 0 saturated carbocycles. The molecule has 7 heteroatoms. The van der Waals surface area contributed by atoms with E-state index < -0.39 is 15.9 Å². The Morgan fingerprint density at radius 3 is 2.50 bits per heavy atom. The Morgan fingerprint density at radius 2 is 1.83 bits per heavy atom. The van der Waals surface area contributed by atoms with Crippen molar-refractivity contribution in [3.8, 4) is 0 Å². The summed E-state index contributed by atoms with van der Waals surface area (Å²) < 4.78 is 26.2. The minimum absolute atomic E-state index is 0.108. The van der Waals surface area contributed by atoms with E-state index in [4.69, 9.17) is 0 Å². The average Bonchev–Trinajstić information content (AvgIpc) is 2.56. The van der Waals surface area contributed by atoms with Crippen LogP contribution in [0.15, 0.2) is 58.5 Å². The van der Waals surface area contributed by atoms with Crippen molar-refractivity contribution in [3.05, 3.63) is 65.2 Å². The number of benzene rings is 2. The van der Waals surface area contributed by atoms with Gasteiger partial charge in [-0.25, -0.2) is 18.6 Å². The molecule has 0 aliphatic carbocycles. The van der Waals surface area contributed by atoms with E-state index in [1.807, 2.05) is 32.0 Å². The standard InChI is InChI=1S/C17H19N3O3S/c1-13-8-9-15(14(2)10-13)11-18-20-17(21)12-19-24(22,23)16-6-4-3-5-7-16/h3-11,19H,12H2,1-2H3,(H,20,21)/b18-11-. The summed E-state index contributed by atoms with van der Waals surface area (Å²) in [6, 6.07) is 13.7. The second kappa shape index (κ2) is 7.85. The first-order valence-corrected chi connectivity index (χ1v) is 8.81. The van der Waals surface area contributed by atoms with Gasteiger partial charge in [-0.15, -0.1) is 0 Å². The molecule has 1 amide bonds. The van der Waals surface area contributed by atoms with E-state index in [2.05, 4.69) is 15.2 Å². The molecule has 2 aromatic carbocycles. The van der Waals surface area contributed by atoms with Crippen LogP contribution >= 0.6 is 0 Å². The number of carbonyl (C=O) groups is 1. The molecule has 0 atom stereocenters. The number of sulfonamides is 1. The normalized spacial score (nSPS) is 11.6. The zero-order valence-electron chi connectivity index (χ0n) is 13.5. The van der Waals surface area contributed by atoms with Gasteiger partial charge < -0.3 is 0 Å². The SMILES string of the molecule is Cc1ccc(/C=N\NC(=O)CNS(=O)(=O)c2ccccc2)c(C)c1. The summed E-state index contributed by atoms with van der Waals surface area (Å²) in [5, 5.41) is 3.85. The minimum atomic E-state index is -3.71. The van der Waals surface area contributed by atoms with Gasteiger partial charge >= 0.3 is 0 Å². The maximum absolute atomic E-state index is 12.0. The highest BCUT2D eigenvalue weighted by molar-refractivity contribution is 7.89. The van der Waals surface area contributed by atoms with Crippen LogP contribution in [0.2, 0.25) is 0 Å². The summed E-state index contributed by atoms with van der Waals surface area (Å²) in [4.78, 5) is 11.8. The Kier molecular flexibility index (Phi) is 5.83. The van der Waals surface area contributed by atoms with Crippen LogP contribution in [0.4, 0.5) is 0 Å². The van der Waals surface area contributed by atoms with Crippen molar-refractivity contribution >= 4 is 22.1 Å². The molecule has 0 saturated heterocycles. The number of hydrogen-bond donors (Lipinski definition) is 2. The second-order valence-electron chi connectivity index (χ2n) is 5.29. The van der Waals surface area contributed by atoms with E-state index in [0.29, 0.717) is 0 Å². The number of nitrogens with one attached hydrogen (secondary N) is 2. The predicted molar refractivity (Wildman–Crippen MR) is 93.3 cm³/mol. The lowest BCUT2D eigenvalue weighted by molar-refractivity contribution is -0.119. The Bertz CT molecular complexity index is 847. The molecular weight excluding hydrogens is 326 g/mol. The highest BCUT2D eigenvalue weighted by Crippen LogP contribution is 2.08. The van der Waals surface area contributed by atoms with Crippen LogP contribution in [0, 0.1) is 13.8 Å². The third kappa shape index (κ3) is 5.00. The Labute approximate surface area is 141 Å². The van der Waals surface area contributed by atoms with Gasteiger partial charge in [0.15, 0.2) is 0 Å². The second-order valence-corrected chi connectivity index (χ2v) is 7.06. The van der Waals surface area contributed by atoms with Crippen molar-refractivity contribution in [2.75, 3.05) is 6.54 Å². The van der Waals surface area contributed by atoms with Gasteiger partial charge in [-0.05, 0) is 37.1 Å². The van der Waals surface area contributed by atoms with Crippen LogP contribution in [0.5, 0.6) is 0 Å². The van der Waals surface area contributed by atoms with Gasteiger partial charge in [0.1, 0.15) is 0 Å². The lowest BCUT2D eigenvalue weighted by atomic mass is 10.1. The van der Waals surface area contributed by atoms with Crippen LogP contribution in [-0.4, -0.2) is 27.1 Å². The zero-order chi connectivity index (χ0) is 17.6. The van der Waals surface area contributed by atoms with E-state index in [1.165, 1.54) is 18.3 Å². The Hall–Kier alpha value is -2.51. The van der Waals surface area contributed by atoms with Crippen molar-refractivity contribution in [1.29, 1.82) is 0 Å². The topological polar surface area (TPSA) is 87.6 Å². The molecule has 0 heterocycles. The molecule has 0 spiro atoms. The van der Waals surface area contributed by atoms with Crippen LogP contribution in [0.25, 0.3) is 0 Å². The molecule has 2 rings (SSSR count). The monoisotopic (exact) mass is 345 g/mol. The van der Waals surface area contributed by atoms with Crippen LogP contribution in [-0.2, 0) is 14.8 Å². The molecule has 24 heavy (non-hydrogen) atoms. The summed E-state index contributed by atoms with van der Waals surface area (Å²) >= 11 is 0. The summed E-state index contributed by atoms with van der Waals surface area (Å²) in [5.74, 6) is -0.546. The summed E-state index contributed by atoms with van der Waals surface area (Å²) in [6.07, 6.45) is 1.53. The van der Waals surface area contributed by atoms with Crippen LogP contribution in [0.1, 0.15) is 16.7 Å². The number of carbonyl (C=O) groups excluding carboxylic acids is 1. The van der Waals surface area contributed by atoms with Gasteiger partial charge in [0.2, 0.25) is 10.0 Å². The first-order valence-electron chi connectivity index (χ1n) is 7.32. The van der Waals surface area contributed by atoms with E-state index >= 15 is 0 Å². The summed E-state index contributed by atoms with van der Waals surface area (Å²) in [6.45, 7) is 3.56. The minimum Gasteiger partial charge on any atom is -0.272 e. The fourth-order valence-electron chi connectivity index (χ4n) is 2.03. The molecule has 0 aliphatic heterocycles. The van der Waals surface area contributed by atoms with Crippen molar-refractivity contribution in [2.24, 2.45) is 5.10 Å². The van der Waals surface area contributed by atoms with E-state index in [0.717, 1.165) is 16.7 Å². The molecule has 0 fully saturated rings. The smallest absolute Gasteiger partial charge is 0.255 e. The molecule has 126 valence electrons. The first kappa shape index (κ1) is 17.8. The summed E-state index contributed by atoms with van der Waals surface area (Å²) in [7, 11) is -3.71. The molecule has 2 N–H and O–H groups in total. The quantitative estimate of drug-likeness (QED) is 0.617. The van der Waals surface area contributed by atoms with Crippen molar-refractivity contribution in [1.82, 2.24) is 10.1 Å². The van der Waals surface area contributed by atoms with E-state index in [-0.39, 0.29) is 11.4 Å². The number of amides is 1. The number of hydrogen-bond acceptors (Lipinski definition) is 4. The third-order valence-electron chi connectivity index (χ3n) is 3.29. The molecule has 0 unspecified atom stereocenters. The van der Waals surface area contributed by atoms with Crippen LogP contribution < -0.4 is 10.1 Å². The zero-order valence-corrected chi connectivity index (χ0v) is 14.3. The molecule has 0 bridgehead atoms. The third-order valence-corrected chi connectivity index (χ3v) is 4.71. The lowest BCUT2D eigenvalue weighted by Gasteiger charge is -2.05. The molecule has 0 radical (unpaired) electrons. The molecular formula is C17H19N3O3S. The molecule has 0 aliphatic rings. The van der Waals surface area contributed by atoms with E-state index in [9.17, 15) is 13.2 Å². The van der Waals surface area contributed by atoms with Gasteiger partial charge in [0, 0.05) is 0 Å². The van der Waals surface area contributed by atoms with Crippen molar-refractivity contribution in [3.63, 3.8) is 0 Å². The molecule has 6 nitrogen and oxygen atoms in total. The van der Waals surface area contributed by atoms with Crippen molar-refractivity contribution < 1.29 is 13.2 Å².